The number of aromatic hydroxyl groups is 3. The molecule has 3 aromatic rings. The van der Waals surface area contributed by atoms with Crippen molar-refractivity contribution in [1.82, 2.24) is 0 Å². The van der Waals surface area contributed by atoms with Crippen molar-refractivity contribution in [3.63, 3.8) is 0 Å². The molecule has 3 aromatic carbocycles. The van der Waals surface area contributed by atoms with Gasteiger partial charge in [-0.2, -0.15) is 0 Å². The molecule has 8 heteroatoms. The minimum atomic E-state index is -0.167. The zero-order valence-electron chi connectivity index (χ0n) is 16.5. The second kappa shape index (κ2) is 16.1. The second-order valence-electron chi connectivity index (χ2n) is 5.87. The number of aliphatic hydroxyl groups excluding tert-OH is 1. The Kier molecular flexibility index (Phi) is 15.8. The van der Waals surface area contributed by atoms with Crippen LogP contribution in [0.3, 0.4) is 0 Å². The third-order valence-electron chi connectivity index (χ3n) is 2.68. The molecule has 0 bridgehead atoms. The fourth-order valence-electron chi connectivity index (χ4n) is 1.42. The van der Waals surface area contributed by atoms with Gasteiger partial charge in [-0.3, -0.25) is 0 Å². The average molecular weight is 435 g/mol. The van der Waals surface area contributed by atoms with Gasteiger partial charge in [-0.05, 0) is 86.6 Å². The van der Waals surface area contributed by atoms with E-state index >= 15 is 0 Å². The SMILES string of the molecule is CC(C)O.Nc1ccc(O)cc1.Nc1ccc(O)cc1.Nc1ccc(O)cc1.[Ti]. The van der Waals surface area contributed by atoms with Crippen LogP contribution in [0.5, 0.6) is 17.2 Å². The van der Waals surface area contributed by atoms with Gasteiger partial charge in [0.1, 0.15) is 17.2 Å². The minimum Gasteiger partial charge on any atom is -0.508 e. The average Bonchev–Trinajstić information content (AvgIpc) is 2.63. The van der Waals surface area contributed by atoms with Crippen LogP contribution in [0.4, 0.5) is 17.1 Å². The van der Waals surface area contributed by atoms with Crippen molar-refractivity contribution in [2.75, 3.05) is 17.2 Å². The van der Waals surface area contributed by atoms with Gasteiger partial charge in [-0.25, -0.2) is 0 Å². The topological polar surface area (TPSA) is 159 Å². The standard InChI is InChI=1S/3C6H7NO.C3H8O.Ti/c3*7-5-1-3-6(8)4-2-5;1-3(2)4;/h3*1-4,8H,7H2;3-4H,1-2H3;. The molecule has 0 aromatic heterocycles. The smallest absolute Gasteiger partial charge is 0.115 e. The molecule has 156 valence electrons. The van der Waals surface area contributed by atoms with E-state index < -0.39 is 0 Å². The summed E-state index contributed by atoms with van der Waals surface area (Å²) in [4.78, 5) is 0. The quantitative estimate of drug-likeness (QED) is 0.162. The van der Waals surface area contributed by atoms with Crippen molar-refractivity contribution in [2.45, 2.75) is 20.0 Å². The largest absolute Gasteiger partial charge is 0.508 e. The Morgan fingerprint density at radius 2 is 0.655 bits per heavy atom. The van der Waals surface area contributed by atoms with Crippen LogP contribution in [0.2, 0.25) is 0 Å². The molecule has 0 aliphatic rings. The Bertz CT molecular complexity index is 596. The summed E-state index contributed by atoms with van der Waals surface area (Å²) < 4.78 is 0. The number of phenols is 3. The second-order valence-corrected chi connectivity index (χ2v) is 5.87. The Hall–Kier alpha value is -2.87. The molecular weight excluding hydrogens is 406 g/mol. The molecule has 7 nitrogen and oxygen atoms in total. The number of rotatable bonds is 0. The van der Waals surface area contributed by atoms with Crippen molar-refractivity contribution in [1.29, 1.82) is 0 Å². The van der Waals surface area contributed by atoms with E-state index in [9.17, 15) is 0 Å². The molecule has 29 heavy (non-hydrogen) atoms. The Balaban J connectivity index is 0. The first kappa shape index (κ1) is 28.3. The van der Waals surface area contributed by atoms with Gasteiger partial charge >= 0.3 is 0 Å². The minimum absolute atomic E-state index is 0. The van der Waals surface area contributed by atoms with Gasteiger partial charge in [-0.15, -0.1) is 0 Å². The van der Waals surface area contributed by atoms with Gasteiger partial charge in [0, 0.05) is 44.9 Å². The summed E-state index contributed by atoms with van der Waals surface area (Å²) in [6.07, 6.45) is -0.167. The van der Waals surface area contributed by atoms with Crippen LogP contribution in [-0.4, -0.2) is 26.5 Å². The fourth-order valence-corrected chi connectivity index (χ4v) is 1.42. The number of anilines is 3. The number of benzene rings is 3. The third kappa shape index (κ3) is 18.3. The molecule has 0 aliphatic heterocycles. The van der Waals surface area contributed by atoms with E-state index in [1.54, 1.807) is 86.6 Å². The van der Waals surface area contributed by atoms with Gasteiger partial charge in [0.15, 0.2) is 0 Å². The fraction of sp³-hybridized carbons (Fsp3) is 0.143. The van der Waals surface area contributed by atoms with Crippen LogP contribution in [-0.2, 0) is 21.7 Å². The molecule has 10 N–H and O–H groups in total. The molecule has 0 heterocycles. The number of hydrogen-bond acceptors (Lipinski definition) is 7. The van der Waals surface area contributed by atoms with E-state index in [1.807, 2.05) is 0 Å². The van der Waals surface area contributed by atoms with Crippen molar-refractivity contribution in [3.05, 3.63) is 72.8 Å². The number of nitrogens with two attached hydrogens (primary N) is 3. The molecule has 0 saturated heterocycles. The van der Waals surface area contributed by atoms with Gasteiger partial charge in [-0.1, -0.05) is 0 Å². The molecule has 0 amide bonds. The van der Waals surface area contributed by atoms with Crippen molar-refractivity contribution >= 4 is 17.1 Å². The van der Waals surface area contributed by atoms with E-state index in [-0.39, 0.29) is 45.1 Å². The van der Waals surface area contributed by atoms with E-state index in [2.05, 4.69) is 0 Å². The van der Waals surface area contributed by atoms with E-state index in [0.29, 0.717) is 17.1 Å². The van der Waals surface area contributed by atoms with Gasteiger partial charge in [0.05, 0.1) is 0 Å². The molecule has 0 spiro atoms. The predicted molar refractivity (Wildman–Crippen MR) is 115 cm³/mol. The number of hydrogen-bond donors (Lipinski definition) is 7. The molecule has 0 saturated carbocycles. The first-order chi connectivity index (χ1) is 13.1. The Morgan fingerprint density at radius 1 is 0.517 bits per heavy atom. The van der Waals surface area contributed by atoms with Crippen LogP contribution in [0.25, 0.3) is 0 Å². The summed E-state index contributed by atoms with van der Waals surface area (Å²) in [5.74, 6) is 0.748. The summed E-state index contributed by atoms with van der Waals surface area (Å²) in [5.41, 5.74) is 18.0. The normalized spacial score (nSPS) is 8.69. The first-order valence-electron chi connectivity index (χ1n) is 8.41. The van der Waals surface area contributed by atoms with Crippen molar-refractivity contribution in [2.24, 2.45) is 0 Å². The monoisotopic (exact) mass is 435 g/mol. The van der Waals surface area contributed by atoms with Crippen LogP contribution in [0.1, 0.15) is 13.8 Å². The summed E-state index contributed by atoms with van der Waals surface area (Å²) in [6.45, 7) is 3.44. The molecular formula is C21H29N3O4Ti. The zero-order valence-corrected chi connectivity index (χ0v) is 18.1. The molecule has 0 atom stereocenters. The maximum Gasteiger partial charge on any atom is 0.115 e. The molecule has 0 aliphatic carbocycles. The number of nitrogen functional groups attached to an aromatic ring is 3. The Morgan fingerprint density at radius 3 is 0.759 bits per heavy atom. The van der Waals surface area contributed by atoms with E-state index in [0.717, 1.165) is 0 Å². The Labute approximate surface area is 186 Å². The summed E-state index contributed by atoms with van der Waals surface area (Å²) in [7, 11) is 0. The molecule has 0 radical (unpaired) electrons. The van der Waals surface area contributed by atoms with Crippen molar-refractivity contribution in [3.8, 4) is 17.2 Å². The summed E-state index contributed by atoms with van der Waals surface area (Å²) in [5, 5.41) is 34.2. The van der Waals surface area contributed by atoms with Gasteiger partial charge < -0.3 is 37.6 Å². The van der Waals surface area contributed by atoms with Gasteiger partial charge in [0.25, 0.3) is 0 Å². The van der Waals surface area contributed by atoms with Gasteiger partial charge in [0.2, 0.25) is 0 Å². The summed E-state index contributed by atoms with van der Waals surface area (Å²) in [6, 6.07) is 19.2. The van der Waals surface area contributed by atoms with Crippen LogP contribution < -0.4 is 17.2 Å². The molecule has 0 fully saturated rings. The maximum absolute atomic E-state index is 8.70. The van der Waals surface area contributed by atoms with Crippen LogP contribution >= 0.6 is 0 Å². The third-order valence-corrected chi connectivity index (χ3v) is 2.68. The maximum atomic E-state index is 8.70. The summed E-state index contributed by atoms with van der Waals surface area (Å²) >= 11 is 0. The number of phenolic OH excluding ortho intramolecular Hbond substituents is 3. The molecule has 0 unspecified atom stereocenters. The van der Waals surface area contributed by atoms with Crippen LogP contribution in [0, 0.1) is 0 Å². The van der Waals surface area contributed by atoms with Crippen molar-refractivity contribution < 1.29 is 42.1 Å². The molecule has 3 rings (SSSR count). The first-order valence-corrected chi connectivity index (χ1v) is 8.41. The van der Waals surface area contributed by atoms with E-state index in [4.69, 9.17) is 37.6 Å². The van der Waals surface area contributed by atoms with Crippen LogP contribution in [0.15, 0.2) is 72.8 Å². The number of aliphatic hydroxyl groups is 1. The predicted octanol–water partition coefficient (Wildman–Crippen LogP) is 3.31. The van der Waals surface area contributed by atoms with E-state index in [1.165, 1.54) is 0 Å². The zero-order chi connectivity index (χ0) is 21.5.